The summed E-state index contributed by atoms with van der Waals surface area (Å²) in [5.41, 5.74) is 9.04. The fraction of sp³-hybridized carbons (Fsp3) is 0.188. The summed E-state index contributed by atoms with van der Waals surface area (Å²) in [6, 6.07) is 7.78. The van der Waals surface area contributed by atoms with Crippen LogP contribution in [0.3, 0.4) is 0 Å². The quantitative estimate of drug-likeness (QED) is 0.850. The molecular formula is C16H16N2OS. The molecule has 0 saturated carbocycles. The standard InChI is InChI=1S/C16H16N2OS/c1-12-10-20-11-15(12)16(19)18-9-14-5-2-4-13(8-14)6-3-7-17/h2,4-5,8,10-11H,7,9,17H2,1H3,(H,18,19). The first kappa shape index (κ1) is 14.3. The van der Waals surface area contributed by atoms with Gasteiger partial charge < -0.3 is 11.1 Å². The van der Waals surface area contributed by atoms with Crippen LogP contribution in [-0.2, 0) is 6.54 Å². The van der Waals surface area contributed by atoms with E-state index >= 15 is 0 Å². The second kappa shape index (κ2) is 6.90. The van der Waals surface area contributed by atoms with Crippen LogP contribution in [0.15, 0.2) is 35.0 Å². The number of hydrogen-bond donors (Lipinski definition) is 2. The van der Waals surface area contributed by atoms with Crippen molar-refractivity contribution in [3.63, 3.8) is 0 Å². The molecule has 20 heavy (non-hydrogen) atoms. The van der Waals surface area contributed by atoms with Crippen molar-refractivity contribution >= 4 is 17.2 Å². The Morgan fingerprint density at radius 2 is 2.25 bits per heavy atom. The molecule has 0 bridgehead atoms. The molecule has 0 atom stereocenters. The molecule has 102 valence electrons. The van der Waals surface area contributed by atoms with E-state index in [4.69, 9.17) is 5.73 Å². The van der Waals surface area contributed by atoms with Crippen LogP contribution < -0.4 is 11.1 Å². The minimum atomic E-state index is -0.0396. The normalized spacial score (nSPS) is 9.70. The number of carbonyl (C=O) groups excluding carboxylic acids is 1. The van der Waals surface area contributed by atoms with Crippen LogP contribution in [0.5, 0.6) is 0 Å². The van der Waals surface area contributed by atoms with Gasteiger partial charge in [-0.2, -0.15) is 11.3 Å². The molecule has 1 aromatic heterocycles. The van der Waals surface area contributed by atoms with Crippen LogP contribution in [-0.4, -0.2) is 12.5 Å². The maximum Gasteiger partial charge on any atom is 0.252 e. The van der Waals surface area contributed by atoms with E-state index in [-0.39, 0.29) is 5.91 Å². The van der Waals surface area contributed by atoms with E-state index in [0.29, 0.717) is 13.1 Å². The third-order valence-corrected chi connectivity index (χ3v) is 3.68. The SMILES string of the molecule is Cc1cscc1C(=O)NCc1cccc(C#CCN)c1. The summed E-state index contributed by atoms with van der Waals surface area (Å²) in [5, 5.41) is 6.76. The van der Waals surface area contributed by atoms with Gasteiger partial charge in [0, 0.05) is 17.5 Å². The van der Waals surface area contributed by atoms with Gasteiger partial charge in [0.2, 0.25) is 0 Å². The average Bonchev–Trinajstić information content (AvgIpc) is 2.89. The number of carbonyl (C=O) groups is 1. The van der Waals surface area contributed by atoms with E-state index in [9.17, 15) is 4.79 Å². The number of nitrogens with two attached hydrogens (primary N) is 1. The molecule has 0 spiro atoms. The van der Waals surface area contributed by atoms with Gasteiger partial charge in [0.05, 0.1) is 12.1 Å². The first-order valence-corrected chi connectivity index (χ1v) is 7.24. The highest BCUT2D eigenvalue weighted by Gasteiger charge is 2.08. The number of benzene rings is 1. The lowest BCUT2D eigenvalue weighted by atomic mass is 10.1. The fourth-order valence-corrected chi connectivity index (χ4v) is 2.61. The van der Waals surface area contributed by atoms with E-state index in [2.05, 4.69) is 17.2 Å². The second-order valence-electron chi connectivity index (χ2n) is 4.36. The smallest absolute Gasteiger partial charge is 0.252 e. The van der Waals surface area contributed by atoms with Crippen LogP contribution in [0.1, 0.15) is 27.0 Å². The summed E-state index contributed by atoms with van der Waals surface area (Å²) in [5.74, 6) is 5.76. The monoisotopic (exact) mass is 284 g/mol. The Kier molecular flexibility index (Phi) is 4.94. The summed E-state index contributed by atoms with van der Waals surface area (Å²) in [4.78, 5) is 12.0. The number of aryl methyl sites for hydroxylation is 1. The van der Waals surface area contributed by atoms with Crippen LogP contribution in [0, 0.1) is 18.8 Å². The van der Waals surface area contributed by atoms with Crippen LogP contribution >= 0.6 is 11.3 Å². The van der Waals surface area contributed by atoms with Crippen LogP contribution in [0.25, 0.3) is 0 Å². The highest BCUT2D eigenvalue weighted by molar-refractivity contribution is 7.08. The fourth-order valence-electron chi connectivity index (χ4n) is 1.78. The predicted octanol–water partition coefficient (Wildman–Crippen LogP) is 2.30. The maximum absolute atomic E-state index is 12.0. The molecule has 1 aromatic carbocycles. The average molecular weight is 284 g/mol. The molecule has 1 heterocycles. The van der Waals surface area contributed by atoms with E-state index in [0.717, 1.165) is 22.3 Å². The molecule has 2 aromatic rings. The van der Waals surface area contributed by atoms with Gasteiger partial charge in [-0.25, -0.2) is 0 Å². The molecule has 3 N–H and O–H groups in total. The molecule has 0 aliphatic carbocycles. The first-order valence-electron chi connectivity index (χ1n) is 6.29. The Balaban J connectivity index is 2.01. The number of rotatable bonds is 3. The number of nitrogens with one attached hydrogen (secondary N) is 1. The van der Waals surface area contributed by atoms with Crippen molar-refractivity contribution < 1.29 is 4.79 Å². The van der Waals surface area contributed by atoms with Crippen molar-refractivity contribution in [3.05, 3.63) is 57.3 Å². The highest BCUT2D eigenvalue weighted by Crippen LogP contribution is 2.13. The number of amides is 1. The van der Waals surface area contributed by atoms with E-state index in [1.165, 1.54) is 11.3 Å². The summed E-state index contributed by atoms with van der Waals surface area (Å²) in [7, 11) is 0. The predicted molar refractivity (Wildman–Crippen MR) is 82.6 cm³/mol. The molecule has 1 amide bonds. The highest BCUT2D eigenvalue weighted by atomic mass is 32.1. The first-order chi connectivity index (χ1) is 9.70. The molecule has 4 heteroatoms. The molecule has 3 nitrogen and oxygen atoms in total. The minimum Gasteiger partial charge on any atom is -0.348 e. The Morgan fingerprint density at radius 1 is 1.40 bits per heavy atom. The van der Waals surface area contributed by atoms with Crippen molar-refractivity contribution in [1.82, 2.24) is 5.32 Å². The lowest BCUT2D eigenvalue weighted by Gasteiger charge is -2.05. The van der Waals surface area contributed by atoms with Crippen molar-refractivity contribution in [2.75, 3.05) is 6.54 Å². The number of hydrogen-bond acceptors (Lipinski definition) is 3. The lowest BCUT2D eigenvalue weighted by Crippen LogP contribution is -2.22. The van der Waals surface area contributed by atoms with Crippen molar-refractivity contribution in [2.24, 2.45) is 5.73 Å². The second-order valence-corrected chi connectivity index (χ2v) is 5.10. The molecule has 0 aliphatic heterocycles. The molecule has 0 fully saturated rings. The van der Waals surface area contributed by atoms with E-state index < -0.39 is 0 Å². The third kappa shape index (κ3) is 3.70. The zero-order chi connectivity index (χ0) is 14.4. The number of thiophene rings is 1. The molecule has 2 rings (SSSR count). The Labute approximate surface area is 122 Å². The van der Waals surface area contributed by atoms with Gasteiger partial charge >= 0.3 is 0 Å². The Hall–Kier alpha value is -2.09. The Morgan fingerprint density at radius 3 is 2.95 bits per heavy atom. The van der Waals surface area contributed by atoms with Gasteiger partial charge in [-0.3, -0.25) is 4.79 Å². The molecule has 0 unspecified atom stereocenters. The summed E-state index contributed by atoms with van der Waals surface area (Å²) in [6.45, 7) is 2.78. The summed E-state index contributed by atoms with van der Waals surface area (Å²) >= 11 is 1.54. The van der Waals surface area contributed by atoms with Gasteiger partial charge in [-0.15, -0.1) is 0 Å². The molecule has 0 saturated heterocycles. The lowest BCUT2D eigenvalue weighted by molar-refractivity contribution is 0.0951. The zero-order valence-electron chi connectivity index (χ0n) is 11.3. The maximum atomic E-state index is 12.0. The molecular weight excluding hydrogens is 268 g/mol. The third-order valence-electron chi connectivity index (χ3n) is 2.82. The van der Waals surface area contributed by atoms with Crippen LogP contribution in [0.4, 0.5) is 0 Å². The molecule has 0 aliphatic rings. The van der Waals surface area contributed by atoms with Gasteiger partial charge in [0.15, 0.2) is 0 Å². The van der Waals surface area contributed by atoms with Gasteiger partial charge in [0.1, 0.15) is 0 Å². The summed E-state index contributed by atoms with van der Waals surface area (Å²) < 4.78 is 0. The Bertz CT molecular complexity index is 664. The largest absolute Gasteiger partial charge is 0.348 e. The van der Waals surface area contributed by atoms with Gasteiger partial charge in [-0.05, 0) is 35.6 Å². The van der Waals surface area contributed by atoms with Crippen LogP contribution in [0.2, 0.25) is 0 Å². The van der Waals surface area contributed by atoms with Crippen molar-refractivity contribution in [3.8, 4) is 11.8 Å². The van der Waals surface area contributed by atoms with Crippen molar-refractivity contribution in [2.45, 2.75) is 13.5 Å². The minimum absolute atomic E-state index is 0.0396. The summed E-state index contributed by atoms with van der Waals surface area (Å²) in [6.07, 6.45) is 0. The van der Waals surface area contributed by atoms with E-state index in [1.54, 1.807) is 0 Å². The van der Waals surface area contributed by atoms with Crippen molar-refractivity contribution in [1.29, 1.82) is 0 Å². The topological polar surface area (TPSA) is 55.1 Å². The van der Waals surface area contributed by atoms with Gasteiger partial charge in [-0.1, -0.05) is 24.0 Å². The molecule has 0 radical (unpaired) electrons. The van der Waals surface area contributed by atoms with Gasteiger partial charge in [0.25, 0.3) is 5.91 Å². The zero-order valence-corrected chi connectivity index (χ0v) is 12.1. The van der Waals surface area contributed by atoms with E-state index in [1.807, 2.05) is 41.9 Å².